The Balaban J connectivity index is 1.98. The molecule has 0 unspecified atom stereocenters. The van der Waals surface area contributed by atoms with Crippen LogP contribution in [-0.2, 0) is 0 Å². The zero-order valence-electron chi connectivity index (χ0n) is 20.2. The summed E-state index contributed by atoms with van der Waals surface area (Å²) in [6.07, 6.45) is 2.64. The van der Waals surface area contributed by atoms with E-state index < -0.39 is 22.9 Å². The monoisotopic (exact) mass is 526 g/mol. The van der Waals surface area contributed by atoms with Crippen molar-refractivity contribution in [3.8, 4) is 17.4 Å². The molecular weight excluding hydrogens is 506 g/mol. The first-order chi connectivity index (χ1) is 17.6. The Labute approximate surface area is 213 Å². The minimum atomic E-state index is -0.780. The number of nitrogens with zero attached hydrogens (tertiary/aromatic N) is 6. The molecule has 0 aliphatic carbocycles. The van der Waals surface area contributed by atoms with E-state index in [0.29, 0.717) is 5.82 Å². The van der Waals surface area contributed by atoms with Crippen LogP contribution in [-0.4, -0.2) is 43.7 Å². The highest BCUT2D eigenvalue weighted by atomic mass is 35.5. The Hall–Kier alpha value is -4.25. The van der Waals surface area contributed by atoms with E-state index in [-0.39, 0.29) is 45.0 Å². The molecule has 37 heavy (non-hydrogen) atoms. The van der Waals surface area contributed by atoms with Gasteiger partial charge in [0.25, 0.3) is 5.56 Å². The Morgan fingerprint density at radius 3 is 2.51 bits per heavy atom. The standard InChI is InChI=1S/C25H21ClF2N6O3/c1-13(2)31(3)20-11-18-22(23(30-20)37-4)24(35)34(21-12-29-19-9-14(27)7-8-32(19)21)25(36)33(18)15-5-6-17(28)16(26)10-15/h5-13H,1-4H3. The third-order valence-electron chi connectivity index (χ3n) is 6.17. The van der Waals surface area contributed by atoms with E-state index in [9.17, 15) is 18.4 Å². The van der Waals surface area contributed by atoms with E-state index in [4.69, 9.17) is 16.3 Å². The molecule has 0 amide bonds. The molecule has 0 fully saturated rings. The third kappa shape index (κ3) is 3.91. The summed E-state index contributed by atoms with van der Waals surface area (Å²) in [5.41, 5.74) is -0.919. The molecule has 0 aliphatic heterocycles. The molecule has 4 heterocycles. The molecule has 0 saturated heterocycles. The van der Waals surface area contributed by atoms with Gasteiger partial charge in [0.15, 0.2) is 0 Å². The highest BCUT2D eigenvalue weighted by Crippen LogP contribution is 2.28. The van der Waals surface area contributed by atoms with Gasteiger partial charge in [-0.2, -0.15) is 4.98 Å². The summed E-state index contributed by atoms with van der Waals surface area (Å²) in [7, 11) is 3.18. The molecule has 0 saturated carbocycles. The van der Waals surface area contributed by atoms with E-state index in [1.165, 1.54) is 52.7 Å². The maximum absolute atomic E-state index is 14.0. The minimum absolute atomic E-state index is 0.000477. The van der Waals surface area contributed by atoms with Gasteiger partial charge < -0.3 is 9.64 Å². The van der Waals surface area contributed by atoms with Crippen molar-refractivity contribution in [3.05, 3.63) is 86.3 Å². The van der Waals surface area contributed by atoms with Crippen molar-refractivity contribution in [2.24, 2.45) is 0 Å². The Morgan fingerprint density at radius 2 is 1.84 bits per heavy atom. The van der Waals surface area contributed by atoms with Gasteiger partial charge >= 0.3 is 5.69 Å². The van der Waals surface area contributed by atoms with Gasteiger partial charge in [0.2, 0.25) is 5.88 Å². The second kappa shape index (κ2) is 9.00. The van der Waals surface area contributed by atoms with Gasteiger partial charge in [-0.3, -0.25) is 13.8 Å². The summed E-state index contributed by atoms with van der Waals surface area (Å²) >= 11 is 6.06. The van der Waals surface area contributed by atoms with E-state index >= 15 is 0 Å². The fourth-order valence-electron chi connectivity index (χ4n) is 4.05. The number of methoxy groups -OCH3 is 1. The van der Waals surface area contributed by atoms with Gasteiger partial charge in [0.1, 0.15) is 34.3 Å². The van der Waals surface area contributed by atoms with E-state index in [1.54, 1.807) is 6.07 Å². The average molecular weight is 527 g/mol. The number of pyridine rings is 2. The zero-order valence-corrected chi connectivity index (χ0v) is 21.0. The largest absolute Gasteiger partial charge is 0.480 e. The highest BCUT2D eigenvalue weighted by Gasteiger charge is 2.24. The molecule has 4 aromatic heterocycles. The number of ether oxygens (including phenoxy) is 1. The third-order valence-corrected chi connectivity index (χ3v) is 6.46. The number of aromatic nitrogens is 5. The van der Waals surface area contributed by atoms with Crippen LogP contribution in [0.15, 0.2) is 58.4 Å². The summed E-state index contributed by atoms with van der Waals surface area (Å²) in [5, 5.41) is -0.207. The molecule has 5 rings (SSSR count). The topological polar surface area (TPSA) is 86.7 Å². The molecule has 0 atom stereocenters. The van der Waals surface area contributed by atoms with Gasteiger partial charge in [0, 0.05) is 31.4 Å². The lowest BCUT2D eigenvalue weighted by Gasteiger charge is -2.24. The molecular formula is C25H21ClF2N6O3. The minimum Gasteiger partial charge on any atom is -0.480 e. The first-order valence-electron chi connectivity index (χ1n) is 11.2. The molecule has 9 nitrogen and oxygen atoms in total. The van der Waals surface area contributed by atoms with Crippen LogP contribution < -0.4 is 20.9 Å². The summed E-state index contributed by atoms with van der Waals surface area (Å²) in [6.45, 7) is 3.91. The molecule has 0 radical (unpaired) electrons. The summed E-state index contributed by atoms with van der Waals surface area (Å²) in [4.78, 5) is 38.4. The van der Waals surface area contributed by atoms with Gasteiger partial charge in [-0.15, -0.1) is 0 Å². The number of rotatable bonds is 5. The molecule has 0 N–H and O–H groups in total. The summed E-state index contributed by atoms with van der Waals surface area (Å²) in [5.74, 6) is -0.691. The number of imidazole rings is 1. The van der Waals surface area contributed by atoms with Crippen molar-refractivity contribution < 1.29 is 13.5 Å². The number of anilines is 1. The lowest BCUT2D eigenvalue weighted by Crippen LogP contribution is -2.39. The molecule has 5 aromatic rings. The van der Waals surface area contributed by atoms with Crippen molar-refractivity contribution in [3.63, 3.8) is 0 Å². The van der Waals surface area contributed by atoms with Crippen molar-refractivity contribution in [2.75, 3.05) is 19.1 Å². The number of hydrogen-bond acceptors (Lipinski definition) is 6. The van der Waals surface area contributed by atoms with E-state index in [1.807, 2.05) is 25.8 Å². The molecule has 190 valence electrons. The quantitative estimate of drug-likeness (QED) is 0.344. The van der Waals surface area contributed by atoms with Crippen LogP contribution in [0.1, 0.15) is 13.8 Å². The summed E-state index contributed by atoms with van der Waals surface area (Å²) < 4.78 is 36.8. The van der Waals surface area contributed by atoms with Gasteiger partial charge in [-0.25, -0.2) is 23.1 Å². The van der Waals surface area contributed by atoms with Crippen molar-refractivity contribution in [1.82, 2.24) is 23.5 Å². The number of hydrogen-bond donors (Lipinski definition) is 0. The van der Waals surface area contributed by atoms with Crippen LogP contribution in [0, 0.1) is 11.6 Å². The lowest BCUT2D eigenvalue weighted by molar-refractivity contribution is 0.402. The van der Waals surface area contributed by atoms with Crippen LogP contribution in [0.2, 0.25) is 5.02 Å². The molecule has 0 aliphatic rings. The molecule has 0 spiro atoms. The predicted molar refractivity (Wildman–Crippen MR) is 137 cm³/mol. The van der Waals surface area contributed by atoms with Gasteiger partial charge in [-0.1, -0.05) is 11.6 Å². The van der Waals surface area contributed by atoms with E-state index in [2.05, 4.69) is 9.97 Å². The molecule has 0 bridgehead atoms. The first kappa shape index (κ1) is 24.4. The lowest BCUT2D eigenvalue weighted by atomic mass is 10.2. The Morgan fingerprint density at radius 1 is 1.08 bits per heavy atom. The van der Waals surface area contributed by atoms with E-state index in [0.717, 1.165) is 10.6 Å². The first-order valence-corrected chi connectivity index (χ1v) is 11.6. The van der Waals surface area contributed by atoms with Gasteiger partial charge in [0.05, 0.1) is 29.5 Å². The van der Waals surface area contributed by atoms with Crippen molar-refractivity contribution in [1.29, 1.82) is 0 Å². The van der Waals surface area contributed by atoms with Crippen LogP contribution in [0.5, 0.6) is 5.88 Å². The second-order valence-electron chi connectivity index (χ2n) is 8.64. The fourth-order valence-corrected chi connectivity index (χ4v) is 4.23. The normalized spacial score (nSPS) is 11.6. The van der Waals surface area contributed by atoms with Crippen molar-refractivity contribution >= 4 is 34.0 Å². The van der Waals surface area contributed by atoms with Crippen LogP contribution in [0.25, 0.3) is 28.1 Å². The number of fused-ring (bicyclic) bond motifs is 2. The summed E-state index contributed by atoms with van der Waals surface area (Å²) in [6, 6.07) is 7.76. The fraction of sp³-hybridized carbons (Fsp3) is 0.200. The zero-order chi connectivity index (χ0) is 26.6. The Kier molecular flexibility index (Phi) is 5.95. The molecule has 1 aromatic carbocycles. The number of halogens is 3. The molecule has 12 heteroatoms. The SMILES string of the molecule is COc1nc(N(C)C(C)C)cc2c1c(=O)n(-c1cnc3cc(F)ccn13)c(=O)n2-c1ccc(F)c(Cl)c1. The van der Waals surface area contributed by atoms with Crippen molar-refractivity contribution in [2.45, 2.75) is 19.9 Å². The smallest absolute Gasteiger partial charge is 0.342 e. The average Bonchev–Trinajstić information content (AvgIpc) is 3.27. The second-order valence-corrected chi connectivity index (χ2v) is 9.04. The number of benzene rings is 1. The highest BCUT2D eigenvalue weighted by molar-refractivity contribution is 6.30. The maximum atomic E-state index is 14.0. The van der Waals surface area contributed by atoms with Gasteiger partial charge in [-0.05, 0) is 38.1 Å². The van der Waals surface area contributed by atoms with Crippen LogP contribution in [0.4, 0.5) is 14.6 Å². The van der Waals surface area contributed by atoms with Crippen LogP contribution in [0.3, 0.4) is 0 Å². The Bertz CT molecular complexity index is 1810. The predicted octanol–water partition coefficient (Wildman–Crippen LogP) is 3.97. The van der Waals surface area contributed by atoms with Crippen LogP contribution >= 0.6 is 11.6 Å². The maximum Gasteiger partial charge on any atom is 0.342 e.